The summed E-state index contributed by atoms with van der Waals surface area (Å²) < 4.78 is 0. The van der Waals surface area contributed by atoms with Gasteiger partial charge in [-0.2, -0.15) is 0 Å². The Morgan fingerprint density at radius 2 is 1.13 bits per heavy atom. The molecule has 3 heteroatoms. The van der Waals surface area contributed by atoms with Crippen molar-refractivity contribution in [3.05, 3.63) is 11.6 Å². The molecule has 1 saturated heterocycles. The molecule has 31 heavy (non-hydrogen) atoms. The fourth-order valence-electron chi connectivity index (χ4n) is 4.76. The van der Waals surface area contributed by atoms with Crippen molar-refractivity contribution in [2.24, 2.45) is 0 Å². The van der Waals surface area contributed by atoms with Crippen molar-refractivity contribution in [3.63, 3.8) is 0 Å². The minimum absolute atomic E-state index is 0.0103. The van der Waals surface area contributed by atoms with Crippen LogP contribution in [-0.2, 0) is 9.59 Å². The molecular formula is C28H51NO2. The molecule has 0 spiro atoms. The zero-order valence-corrected chi connectivity index (χ0v) is 21.1. The van der Waals surface area contributed by atoms with Crippen molar-refractivity contribution < 1.29 is 9.59 Å². The Hall–Kier alpha value is -1.12. The molecule has 1 aliphatic rings. The van der Waals surface area contributed by atoms with Crippen molar-refractivity contribution in [2.45, 2.75) is 155 Å². The van der Waals surface area contributed by atoms with Gasteiger partial charge in [0.25, 0.3) is 0 Å². The zero-order chi connectivity index (χ0) is 22.7. The van der Waals surface area contributed by atoms with E-state index in [-0.39, 0.29) is 17.9 Å². The molecule has 3 nitrogen and oxygen atoms in total. The smallest absolute Gasteiger partial charge is 0.230 e. The molecule has 0 aromatic rings. The summed E-state index contributed by atoms with van der Waals surface area (Å²) in [7, 11) is 0. The van der Waals surface area contributed by atoms with Gasteiger partial charge in [0.1, 0.15) is 0 Å². The summed E-state index contributed by atoms with van der Waals surface area (Å²) in [4.78, 5) is 25.8. The van der Waals surface area contributed by atoms with Crippen LogP contribution in [0.25, 0.3) is 0 Å². The molecule has 0 aromatic carbocycles. The van der Waals surface area contributed by atoms with Crippen molar-refractivity contribution in [2.75, 3.05) is 0 Å². The fraction of sp³-hybridized carbons (Fsp3) is 0.857. The van der Waals surface area contributed by atoms with Crippen molar-refractivity contribution >= 4 is 11.8 Å². The highest BCUT2D eigenvalue weighted by atomic mass is 16.2. The van der Waals surface area contributed by atoms with E-state index in [1.807, 2.05) is 0 Å². The summed E-state index contributed by atoms with van der Waals surface area (Å²) in [5.74, 6) is 0.0337. The van der Waals surface area contributed by atoms with E-state index in [0.717, 1.165) is 19.3 Å². The van der Waals surface area contributed by atoms with Crippen LogP contribution in [0.15, 0.2) is 11.6 Å². The summed E-state index contributed by atoms with van der Waals surface area (Å²) in [6.07, 6.45) is 26.8. The lowest BCUT2D eigenvalue weighted by atomic mass is 9.99. The first kappa shape index (κ1) is 27.9. The molecule has 180 valence electrons. The Labute approximate surface area is 193 Å². The van der Waals surface area contributed by atoms with Gasteiger partial charge in [0.05, 0.1) is 6.04 Å². The maximum Gasteiger partial charge on any atom is 0.230 e. The van der Waals surface area contributed by atoms with Crippen LogP contribution in [0.2, 0.25) is 0 Å². The zero-order valence-electron chi connectivity index (χ0n) is 21.1. The predicted molar refractivity (Wildman–Crippen MR) is 133 cm³/mol. The third kappa shape index (κ3) is 12.5. The van der Waals surface area contributed by atoms with Gasteiger partial charge in [-0.25, -0.2) is 0 Å². The van der Waals surface area contributed by atoms with Gasteiger partial charge < -0.3 is 0 Å². The molecule has 1 fully saturated rings. The topological polar surface area (TPSA) is 37.4 Å². The maximum atomic E-state index is 12.1. The van der Waals surface area contributed by atoms with Crippen LogP contribution in [-0.4, -0.2) is 22.8 Å². The molecule has 1 atom stereocenters. The molecule has 0 N–H and O–H groups in total. The van der Waals surface area contributed by atoms with E-state index in [1.165, 1.54) is 102 Å². The van der Waals surface area contributed by atoms with Crippen LogP contribution in [0.3, 0.4) is 0 Å². The lowest BCUT2D eigenvalue weighted by Gasteiger charge is -2.27. The number of nitrogens with zero attached hydrogens (tertiary/aromatic N) is 1. The summed E-state index contributed by atoms with van der Waals surface area (Å²) in [5.41, 5.74) is 1.20. The Bertz CT molecular complexity index is 495. The number of hydrogen-bond acceptors (Lipinski definition) is 2. The van der Waals surface area contributed by atoms with Gasteiger partial charge in [0.15, 0.2) is 0 Å². The van der Waals surface area contributed by atoms with Gasteiger partial charge >= 0.3 is 0 Å². The molecule has 0 aromatic heterocycles. The second kappa shape index (κ2) is 18.5. The van der Waals surface area contributed by atoms with Crippen LogP contribution in [0.4, 0.5) is 0 Å². The number of imide groups is 1. The summed E-state index contributed by atoms with van der Waals surface area (Å²) in [6, 6.07) is -0.0103. The van der Waals surface area contributed by atoms with E-state index >= 15 is 0 Å². The van der Waals surface area contributed by atoms with Crippen molar-refractivity contribution in [1.29, 1.82) is 0 Å². The second-order valence-corrected chi connectivity index (χ2v) is 9.65. The quantitative estimate of drug-likeness (QED) is 0.110. The molecule has 1 unspecified atom stereocenters. The van der Waals surface area contributed by atoms with Crippen molar-refractivity contribution in [3.8, 4) is 0 Å². The van der Waals surface area contributed by atoms with Gasteiger partial charge in [-0.05, 0) is 26.2 Å². The molecule has 2 amide bonds. The van der Waals surface area contributed by atoms with Gasteiger partial charge in [-0.1, -0.05) is 122 Å². The average molecular weight is 434 g/mol. The summed E-state index contributed by atoms with van der Waals surface area (Å²) in [6.45, 7) is 6.51. The Morgan fingerprint density at radius 1 is 0.710 bits per heavy atom. The maximum absolute atomic E-state index is 12.1. The van der Waals surface area contributed by atoms with E-state index in [0.29, 0.717) is 12.8 Å². The van der Waals surface area contributed by atoms with Gasteiger partial charge in [0, 0.05) is 12.8 Å². The first-order valence-corrected chi connectivity index (χ1v) is 13.6. The summed E-state index contributed by atoms with van der Waals surface area (Å²) >= 11 is 0. The lowest BCUT2D eigenvalue weighted by molar-refractivity contribution is -0.140. The van der Waals surface area contributed by atoms with E-state index in [4.69, 9.17) is 0 Å². The van der Waals surface area contributed by atoms with Gasteiger partial charge in [0.2, 0.25) is 11.8 Å². The molecule has 0 radical (unpaired) electrons. The molecule has 0 aliphatic carbocycles. The molecule has 1 aliphatic heterocycles. The minimum atomic E-state index is -0.0103. The normalized spacial score (nSPS) is 15.8. The molecule has 1 rings (SSSR count). The molecule has 0 saturated carbocycles. The third-order valence-electron chi connectivity index (χ3n) is 6.76. The summed E-state index contributed by atoms with van der Waals surface area (Å²) in [5, 5.41) is 0. The highest BCUT2D eigenvalue weighted by molar-refractivity contribution is 6.02. The van der Waals surface area contributed by atoms with E-state index in [1.54, 1.807) is 4.90 Å². The Kier molecular flexibility index (Phi) is 16.6. The highest BCUT2D eigenvalue weighted by Gasteiger charge is 2.34. The molecule has 0 bridgehead atoms. The van der Waals surface area contributed by atoms with E-state index in [2.05, 4.69) is 26.8 Å². The Balaban J connectivity index is 2.02. The van der Waals surface area contributed by atoms with Gasteiger partial charge in [-0.3, -0.25) is 14.5 Å². The van der Waals surface area contributed by atoms with E-state index < -0.39 is 0 Å². The monoisotopic (exact) mass is 433 g/mol. The number of likely N-dealkylation sites (tertiary alicyclic amines) is 1. The van der Waals surface area contributed by atoms with E-state index in [9.17, 15) is 9.59 Å². The highest BCUT2D eigenvalue weighted by Crippen LogP contribution is 2.24. The second-order valence-electron chi connectivity index (χ2n) is 9.65. The fourth-order valence-corrected chi connectivity index (χ4v) is 4.76. The minimum Gasteiger partial charge on any atom is -0.275 e. The van der Waals surface area contributed by atoms with Crippen LogP contribution in [0, 0.1) is 0 Å². The number of allylic oxidation sites excluding steroid dienone is 1. The Morgan fingerprint density at radius 3 is 1.55 bits per heavy atom. The van der Waals surface area contributed by atoms with Crippen LogP contribution in [0.1, 0.15) is 149 Å². The number of hydrogen-bond donors (Lipinski definition) is 0. The SMILES string of the molecule is CCCCCCCCCCCCCCCCC/C=C(\C)C(CCC)N1C(=O)CCC1=O. The van der Waals surface area contributed by atoms with Crippen LogP contribution < -0.4 is 0 Å². The van der Waals surface area contributed by atoms with Crippen LogP contribution in [0.5, 0.6) is 0 Å². The number of unbranched alkanes of at least 4 members (excludes halogenated alkanes) is 15. The lowest BCUT2D eigenvalue weighted by Crippen LogP contribution is -2.40. The number of carbonyl (C=O) groups is 2. The first-order valence-electron chi connectivity index (χ1n) is 13.6. The van der Waals surface area contributed by atoms with Crippen LogP contribution >= 0.6 is 0 Å². The average Bonchev–Trinajstić information content (AvgIpc) is 3.09. The molecular weight excluding hydrogens is 382 g/mol. The third-order valence-corrected chi connectivity index (χ3v) is 6.76. The van der Waals surface area contributed by atoms with Gasteiger partial charge in [-0.15, -0.1) is 0 Å². The molecule has 1 heterocycles. The largest absolute Gasteiger partial charge is 0.275 e. The van der Waals surface area contributed by atoms with Crippen molar-refractivity contribution in [1.82, 2.24) is 4.90 Å². The number of amides is 2. The number of rotatable bonds is 20. The predicted octanol–water partition coefficient (Wildman–Crippen LogP) is 8.51. The standard InChI is InChI=1S/C28H51NO2/c1-4-6-7-8-9-10-11-12-13-14-15-16-17-18-19-20-22-25(3)26(21-5-2)29-27(30)23-24-28(29)31/h22,26H,4-21,23-24H2,1-3H3/b25-22+. The first-order chi connectivity index (χ1) is 15.1. The number of carbonyl (C=O) groups excluding carboxylic acids is 2.